The number of anilines is 1. The fraction of sp³-hybridized carbons (Fsp3) is 0.227. The average Bonchev–Trinajstić information content (AvgIpc) is 3.40. The summed E-state index contributed by atoms with van der Waals surface area (Å²) in [5.41, 5.74) is 1.74. The molecular formula is C22H20N2O5. The van der Waals surface area contributed by atoms with E-state index in [2.05, 4.69) is 5.16 Å². The molecule has 2 aromatic heterocycles. The molecule has 7 nitrogen and oxygen atoms in total. The van der Waals surface area contributed by atoms with Gasteiger partial charge in [0.15, 0.2) is 17.3 Å². The van der Waals surface area contributed by atoms with Crippen LogP contribution in [-0.4, -0.2) is 22.0 Å². The highest BCUT2D eigenvalue weighted by atomic mass is 16.5. The zero-order valence-corrected chi connectivity index (χ0v) is 16.3. The van der Waals surface area contributed by atoms with Gasteiger partial charge in [-0.1, -0.05) is 36.3 Å². The van der Waals surface area contributed by atoms with Gasteiger partial charge in [-0.2, -0.15) is 0 Å². The zero-order valence-electron chi connectivity index (χ0n) is 16.3. The molecule has 0 fully saturated rings. The van der Waals surface area contributed by atoms with Gasteiger partial charge in [-0.25, -0.2) is 0 Å². The van der Waals surface area contributed by atoms with E-state index in [4.69, 9.17) is 8.94 Å². The molecule has 1 aliphatic rings. The molecule has 29 heavy (non-hydrogen) atoms. The van der Waals surface area contributed by atoms with Crippen LogP contribution in [-0.2, 0) is 11.2 Å². The number of aliphatic hydroxyl groups is 1. The monoisotopic (exact) mass is 392 g/mol. The number of Topliss-reactive ketones (excluding diaryl/α,β-unsaturated/α-hetero) is 1. The molecule has 3 aromatic rings. The molecule has 0 aliphatic carbocycles. The molecule has 0 radical (unpaired) electrons. The van der Waals surface area contributed by atoms with Crippen molar-refractivity contribution >= 4 is 17.5 Å². The van der Waals surface area contributed by atoms with Crippen molar-refractivity contribution < 1.29 is 23.6 Å². The molecule has 1 atom stereocenters. The molecule has 3 heterocycles. The third kappa shape index (κ3) is 3.14. The summed E-state index contributed by atoms with van der Waals surface area (Å²) in [6.07, 6.45) is 0.856. The minimum atomic E-state index is -0.851. The van der Waals surface area contributed by atoms with E-state index in [0.717, 1.165) is 12.0 Å². The number of hydrogen-bond acceptors (Lipinski definition) is 6. The van der Waals surface area contributed by atoms with E-state index in [1.54, 1.807) is 26.0 Å². The Kier molecular flexibility index (Phi) is 4.58. The predicted molar refractivity (Wildman–Crippen MR) is 105 cm³/mol. The number of aromatic nitrogens is 1. The normalized spacial score (nSPS) is 16.7. The fourth-order valence-electron chi connectivity index (χ4n) is 3.48. The van der Waals surface area contributed by atoms with E-state index < -0.39 is 23.5 Å². The van der Waals surface area contributed by atoms with Gasteiger partial charge >= 0.3 is 0 Å². The quantitative estimate of drug-likeness (QED) is 0.653. The van der Waals surface area contributed by atoms with Crippen LogP contribution in [0.4, 0.5) is 5.82 Å². The maximum Gasteiger partial charge on any atom is 0.295 e. The van der Waals surface area contributed by atoms with Gasteiger partial charge in [-0.15, -0.1) is 0 Å². The molecule has 1 aliphatic heterocycles. The number of furan rings is 1. The zero-order chi connectivity index (χ0) is 20.7. The fourth-order valence-corrected chi connectivity index (χ4v) is 3.48. The Balaban J connectivity index is 1.86. The first-order chi connectivity index (χ1) is 13.9. The maximum absolute atomic E-state index is 13.2. The Morgan fingerprint density at radius 2 is 1.86 bits per heavy atom. The second kappa shape index (κ2) is 7.09. The topological polar surface area (TPSA) is 96.8 Å². The van der Waals surface area contributed by atoms with E-state index in [1.165, 1.54) is 11.0 Å². The van der Waals surface area contributed by atoms with Crippen LogP contribution in [0.3, 0.4) is 0 Å². The van der Waals surface area contributed by atoms with E-state index in [-0.39, 0.29) is 17.2 Å². The number of carbonyl (C=O) groups is 2. The van der Waals surface area contributed by atoms with Crippen molar-refractivity contribution in [3.05, 3.63) is 82.2 Å². The van der Waals surface area contributed by atoms with E-state index in [0.29, 0.717) is 17.1 Å². The Hall–Kier alpha value is -3.61. The van der Waals surface area contributed by atoms with Crippen molar-refractivity contribution in [2.45, 2.75) is 33.2 Å². The molecular weight excluding hydrogens is 372 g/mol. The Bertz CT molecular complexity index is 1120. The van der Waals surface area contributed by atoms with Crippen LogP contribution >= 0.6 is 0 Å². The second-order valence-electron chi connectivity index (χ2n) is 6.97. The van der Waals surface area contributed by atoms with Crippen molar-refractivity contribution in [1.29, 1.82) is 0 Å². The van der Waals surface area contributed by atoms with Gasteiger partial charge in [0, 0.05) is 6.07 Å². The van der Waals surface area contributed by atoms with Crippen LogP contribution in [0.25, 0.3) is 0 Å². The Labute approximate surface area is 167 Å². The predicted octanol–water partition coefficient (Wildman–Crippen LogP) is 4.23. The number of carbonyl (C=O) groups excluding carboxylic acids is 2. The van der Waals surface area contributed by atoms with Crippen molar-refractivity contribution in [3.63, 3.8) is 0 Å². The second-order valence-corrected chi connectivity index (χ2v) is 6.97. The number of amides is 1. The average molecular weight is 392 g/mol. The summed E-state index contributed by atoms with van der Waals surface area (Å²) >= 11 is 0. The SMILES string of the molecule is CCc1ccc([C@H]2C(C(=O)c3ccc(C)o3)=C(O)C(=O)N2c2cc(C)on2)cc1. The molecule has 0 bridgehead atoms. The van der Waals surface area contributed by atoms with E-state index in [1.807, 2.05) is 31.2 Å². The van der Waals surface area contributed by atoms with Crippen molar-refractivity contribution in [1.82, 2.24) is 5.16 Å². The Morgan fingerprint density at radius 3 is 2.41 bits per heavy atom. The molecule has 148 valence electrons. The highest BCUT2D eigenvalue weighted by Gasteiger charge is 2.46. The lowest BCUT2D eigenvalue weighted by atomic mass is 9.94. The molecule has 0 saturated heterocycles. The minimum Gasteiger partial charge on any atom is -0.503 e. The van der Waals surface area contributed by atoms with E-state index >= 15 is 0 Å². The van der Waals surface area contributed by atoms with Crippen LogP contribution in [0.5, 0.6) is 0 Å². The highest BCUT2D eigenvalue weighted by molar-refractivity contribution is 6.19. The molecule has 0 unspecified atom stereocenters. The molecule has 4 rings (SSSR count). The van der Waals surface area contributed by atoms with Crippen LogP contribution in [0, 0.1) is 13.8 Å². The van der Waals surface area contributed by atoms with Crippen LogP contribution in [0.1, 0.15) is 46.2 Å². The van der Waals surface area contributed by atoms with Gasteiger partial charge < -0.3 is 14.0 Å². The summed E-state index contributed by atoms with van der Waals surface area (Å²) < 4.78 is 10.6. The van der Waals surface area contributed by atoms with E-state index in [9.17, 15) is 14.7 Å². The first kappa shape index (κ1) is 18.7. The molecule has 1 aromatic carbocycles. The summed E-state index contributed by atoms with van der Waals surface area (Å²) in [4.78, 5) is 27.4. The van der Waals surface area contributed by atoms with Crippen LogP contribution in [0.2, 0.25) is 0 Å². The molecule has 0 spiro atoms. The first-order valence-corrected chi connectivity index (χ1v) is 9.30. The standard InChI is InChI=1S/C22H20N2O5/c1-4-14-6-8-15(9-7-14)19-18(20(25)16-10-5-12(2)28-16)21(26)22(27)24(19)17-11-13(3)29-23-17/h5-11,19,26H,4H2,1-3H3/t19-/m0/s1. The number of benzene rings is 1. The van der Waals surface area contributed by atoms with Crippen molar-refractivity contribution in [3.8, 4) is 0 Å². The van der Waals surface area contributed by atoms with Gasteiger partial charge in [0.1, 0.15) is 11.5 Å². The summed E-state index contributed by atoms with van der Waals surface area (Å²) in [6.45, 7) is 5.46. The molecule has 7 heteroatoms. The van der Waals surface area contributed by atoms with Gasteiger partial charge in [0.25, 0.3) is 5.91 Å². The number of rotatable bonds is 5. The lowest BCUT2D eigenvalue weighted by molar-refractivity contribution is -0.117. The van der Waals surface area contributed by atoms with Crippen LogP contribution < -0.4 is 4.90 Å². The third-order valence-corrected chi connectivity index (χ3v) is 4.98. The summed E-state index contributed by atoms with van der Waals surface area (Å²) in [7, 11) is 0. The smallest absolute Gasteiger partial charge is 0.295 e. The number of nitrogens with zero attached hydrogens (tertiary/aromatic N) is 2. The summed E-state index contributed by atoms with van der Waals surface area (Å²) in [5.74, 6) is -0.522. The lowest BCUT2D eigenvalue weighted by Gasteiger charge is -2.24. The van der Waals surface area contributed by atoms with Gasteiger partial charge in [-0.05, 0) is 43.5 Å². The highest BCUT2D eigenvalue weighted by Crippen LogP contribution is 2.41. The number of ketones is 1. The van der Waals surface area contributed by atoms with Crippen molar-refractivity contribution in [2.24, 2.45) is 0 Å². The van der Waals surface area contributed by atoms with Gasteiger partial charge in [-0.3, -0.25) is 14.5 Å². The first-order valence-electron chi connectivity index (χ1n) is 9.30. The van der Waals surface area contributed by atoms with Gasteiger partial charge in [0.2, 0.25) is 5.78 Å². The third-order valence-electron chi connectivity index (χ3n) is 4.98. The Morgan fingerprint density at radius 1 is 1.14 bits per heavy atom. The van der Waals surface area contributed by atoms with Crippen LogP contribution in [0.15, 0.2) is 62.7 Å². The number of aryl methyl sites for hydroxylation is 3. The summed E-state index contributed by atoms with van der Waals surface area (Å²) in [5, 5.41) is 14.6. The number of hydrogen-bond donors (Lipinski definition) is 1. The molecule has 1 amide bonds. The molecule has 0 saturated carbocycles. The van der Waals surface area contributed by atoms with Gasteiger partial charge in [0.05, 0.1) is 11.6 Å². The number of aliphatic hydroxyl groups excluding tert-OH is 1. The summed E-state index contributed by atoms with van der Waals surface area (Å²) in [6, 6.07) is 11.5. The van der Waals surface area contributed by atoms with Crippen molar-refractivity contribution in [2.75, 3.05) is 4.90 Å². The minimum absolute atomic E-state index is 0.0470. The molecule has 1 N–H and O–H groups in total. The lowest BCUT2D eigenvalue weighted by Crippen LogP contribution is -2.31. The maximum atomic E-state index is 13.2. The largest absolute Gasteiger partial charge is 0.503 e.